The molecule has 0 bridgehead atoms. The van der Waals surface area contributed by atoms with Crippen LogP contribution in [-0.2, 0) is 13.6 Å². The fraction of sp³-hybridized carbons (Fsp3) is 0.423. The molecule has 3 heterocycles. The van der Waals surface area contributed by atoms with Crippen molar-refractivity contribution in [1.29, 1.82) is 0 Å². The lowest BCUT2D eigenvalue weighted by atomic mass is 9.87. The molecule has 1 fully saturated rings. The highest BCUT2D eigenvalue weighted by Crippen LogP contribution is 2.28. The van der Waals surface area contributed by atoms with Crippen LogP contribution in [0.15, 0.2) is 36.5 Å². The minimum atomic E-state index is -0.228. The first kappa shape index (κ1) is 23.3. The third kappa shape index (κ3) is 5.04. The first-order chi connectivity index (χ1) is 15.7. The second-order valence-electron chi connectivity index (χ2n) is 9.35. The number of hydrogen-bond acceptors (Lipinski definition) is 5. The molecule has 1 aromatic carbocycles. The Hall–Kier alpha value is -2.90. The molecule has 7 heteroatoms. The van der Waals surface area contributed by atoms with Gasteiger partial charge in [0.05, 0.1) is 12.2 Å². The maximum absolute atomic E-state index is 13.4. The summed E-state index contributed by atoms with van der Waals surface area (Å²) in [6.07, 6.45) is 3.36. The van der Waals surface area contributed by atoms with Gasteiger partial charge < -0.3 is 9.47 Å². The molecular weight excluding hydrogens is 419 g/mol. The number of nitrogens with zero attached hydrogens (tertiary/aromatic N) is 4. The van der Waals surface area contributed by atoms with Crippen LogP contribution >= 0.6 is 0 Å². The summed E-state index contributed by atoms with van der Waals surface area (Å²) in [4.78, 5) is 35.0. The van der Waals surface area contributed by atoms with Gasteiger partial charge in [-0.05, 0) is 70.7 Å². The zero-order valence-corrected chi connectivity index (χ0v) is 19.8. The predicted molar refractivity (Wildman–Crippen MR) is 127 cm³/mol. The Kier molecular flexibility index (Phi) is 6.72. The van der Waals surface area contributed by atoms with E-state index in [9.17, 15) is 14.0 Å². The highest BCUT2D eigenvalue weighted by molar-refractivity contribution is 6.10. The first-order valence-corrected chi connectivity index (χ1v) is 11.4. The zero-order chi connectivity index (χ0) is 23.7. The number of hydrogen-bond donors (Lipinski definition) is 0. The van der Waals surface area contributed by atoms with Crippen molar-refractivity contribution in [2.75, 3.05) is 33.7 Å². The molecule has 1 aliphatic heterocycles. The van der Waals surface area contributed by atoms with E-state index in [1.807, 2.05) is 61.9 Å². The summed E-state index contributed by atoms with van der Waals surface area (Å²) < 4.78 is 15.0. The van der Waals surface area contributed by atoms with Crippen molar-refractivity contribution in [3.8, 4) is 0 Å². The van der Waals surface area contributed by atoms with Gasteiger partial charge in [0.15, 0.2) is 11.6 Å². The summed E-state index contributed by atoms with van der Waals surface area (Å²) in [6, 6.07) is 8.46. The number of carbonyl (C=O) groups is 2. The molecule has 1 saturated heterocycles. The molecule has 6 nitrogen and oxygen atoms in total. The van der Waals surface area contributed by atoms with E-state index in [4.69, 9.17) is 0 Å². The zero-order valence-electron chi connectivity index (χ0n) is 19.8. The van der Waals surface area contributed by atoms with Gasteiger partial charge in [0.2, 0.25) is 0 Å². The number of likely N-dealkylation sites (N-methyl/N-ethyl adjacent to an activating group) is 1. The van der Waals surface area contributed by atoms with Gasteiger partial charge in [-0.3, -0.25) is 14.5 Å². The van der Waals surface area contributed by atoms with Crippen molar-refractivity contribution in [1.82, 2.24) is 19.4 Å². The molecular formula is C26H31FN4O2. The number of likely N-dealkylation sites (tertiary alicyclic amines) is 1. The molecule has 0 aliphatic carbocycles. The van der Waals surface area contributed by atoms with Gasteiger partial charge in [0, 0.05) is 42.2 Å². The SMILES string of the molecule is Cc1nc2c(cc1C(=O)C1CCN(Cc3ccc(F)cc3)CC1)c(C(=O)CN(C)C)cn2C. The standard InChI is InChI=1S/C26H31FN4O2/c1-17-21(13-22-23(24(32)16-29(2)3)15-30(4)26(22)28-17)25(33)19-9-11-31(12-10-19)14-18-5-7-20(27)8-6-18/h5-8,13,15,19H,9-12,14,16H2,1-4H3. The minimum absolute atomic E-state index is 0.0174. The third-order valence-electron chi connectivity index (χ3n) is 6.44. The average Bonchev–Trinajstić information content (AvgIpc) is 3.10. The minimum Gasteiger partial charge on any atom is -0.335 e. The first-order valence-electron chi connectivity index (χ1n) is 11.4. The van der Waals surface area contributed by atoms with E-state index in [0.717, 1.165) is 49.1 Å². The van der Waals surface area contributed by atoms with E-state index in [2.05, 4.69) is 9.88 Å². The maximum atomic E-state index is 13.4. The number of fused-ring (bicyclic) bond motifs is 1. The van der Waals surface area contributed by atoms with Crippen molar-refractivity contribution < 1.29 is 14.0 Å². The van der Waals surface area contributed by atoms with E-state index in [1.165, 1.54) is 12.1 Å². The van der Waals surface area contributed by atoms with Gasteiger partial charge in [0.1, 0.15) is 11.5 Å². The molecule has 174 valence electrons. The summed E-state index contributed by atoms with van der Waals surface area (Å²) >= 11 is 0. The predicted octanol–water partition coefficient (Wildman–Crippen LogP) is 3.86. The normalized spacial score (nSPS) is 15.5. The lowest BCUT2D eigenvalue weighted by molar-refractivity contribution is 0.0833. The Balaban J connectivity index is 1.50. The van der Waals surface area contributed by atoms with Crippen LogP contribution in [0.5, 0.6) is 0 Å². The lowest BCUT2D eigenvalue weighted by Crippen LogP contribution is -2.36. The average molecular weight is 451 g/mol. The van der Waals surface area contributed by atoms with Gasteiger partial charge in [0.25, 0.3) is 0 Å². The Morgan fingerprint density at radius 1 is 1.12 bits per heavy atom. The van der Waals surface area contributed by atoms with Crippen molar-refractivity contribution in [2.45, 2.75) is 26.3 Å². The van der Waals surface area contributed by atoms with Crippen molar-refractivity contribution >= 4 is 22.6 Å². The lowest BCUT2D eigenvalue weighted by Gasteiger charge is -2.31. The van der Waals surface area contributed by atoms with Gasteiger partial charge in [-0.2, -0.15) is 0 Å². The van der Waals surface area contributed by atoms with E-state index < -0.39 is 0 Å². The Labute approximate surface area is 194 Å². The highest BCUT2D eigenvalue weighted by atomic mass is 19.1. The number of halogens is 1. The molecule has 33 heavy (non-hydrogen) atoms. The summed E-state index contributed by atoms with van der Waals surface area (Å²) in [5, 5.41) is 0.743. The molecule has 0 N–H and O–H groups in total. The summed E-state index contributed by atoms with van der Waals surface area (Å²) in [6.45, 7) is 4.57. The van der Waals surface area contributed by atoms with Crippen molar-refractivity contribution in [2.24, 2.45) is 13.0 Å². The number of aromatic nitrogens is 2. The number of benzene rings is 1. The summed E-state index contributed by atoms with van der Waals surface area (Å²) in [5.74, 6) is -0.159. The molecule has 4 rings (SSSR count). The quantitative estimate of drug-likeness (QED) is 0.512. The van der Waals surface area contributed by atoms with Crippen molar-refractivity contribution in [3.05, 3.63) is 64.7 Å². The van der Waals surface area contributed by atoms with Crippen LogP contribution in [0.25, 0.3) is 11.0 Å². The molecule has 2 aromatic heterocycles. The molecule has 3 aromatic rings. The van der Waals surface area contributed by atoms with Crippen LogP contribution < -0.4 is 0 Å². The number of carbonyl (C=O) groups excluding carboxylic acids is 2. The highest BCUT2D eigenvalue weighted by Gasteiger charge is 2.28. The number of rotatable bonds is 7. The van der Waals surface area contributed by atoms with Crippen LogP contribution in [0.1, 0.15) is 44.8 Å². The molecule has 0 atom stereocenters. The Bertz CT molecular complexity index is 1180. The third-order valence-corrected chi connectivity index (χ3v) is 6.44. The van der Waals surface area contributed by atoms with Gasteiger partial charge in [-0.1, -0.05) is 12.1 Å². The molecule has 1 aliphatic rings. The van der Waals surface area contributed by atoms with Crippen LogP contribution in [0.2, 0.25) is 0 Å². The summed E-state index contributed by atoms with van der Waals surface area (Å²) in [7, 11) is 5.60. The van der Waals surface area contributed by atoms with E-state index in [0.29, 0.717) is 23.4 Å². The van der Waals surface area contributed by atoms with Gasteiger partial charge >= 0.3 is 0 Å². The molecule has 0 spiro atoms. The second kappa shape index (κ2) is 9.53. The van der Waals surface area contributed by atoms with Crippen LogP contribution in [0, 0.1) is 18.7 Å². The number of Topliss-reactive ketones (excluding diaryl/α,β-unsaturated/α-hetero) is 2. The number of ketones is 2. The van der Waals surface area contributed by atoms with Crippen LogP contribution in [-0.4, -0.2) is 64.6 Å². The van der Waals surface area contributed by atoms with Crippen LogP contribution in [0.3, 0.4) is 0 Å². The Morgan fingerprint density at radius 2 is 1.79 bits per heavy atom. The molecule has 0 saturated carbocycles. The second-order valence-corrected chi connectivity index (χ2v) is 9.35. The maximum Gasteiger partial charge on any atom is 0.179 e. The van der Waals surface area contributed by atoms with Crippen molar-refractivity contribution in [3.63, 3.8) is 0 Å². The van der Waals surface area contributed by atoms with Gasteiger partial charge in [-0.25, -0.2) is 9.37 Å². The largest absolute Gasteiger partial charge is 0.335 e. The Morgan fingerprint density at radius 3 is 2.42 bits per heavy atom. The number of piperidine rings is 1. The van der Waals surface area contributed by atoms with Crippen LogP contribution in [0.4, 0.5) is 4.39 Å². The smallest absolute Gasteiger partial charge is 0.179 e. The van der Waals surface area contributed by atoms with E-state index in [-0.39, 0.29) is 23.3 Å². The fourth-order valence-corrected chi connectivity index (χ4v) is 4.65. The van der Waals surface area contributed by atoms with Gasteiger partial charge in [-0.15, -0.1) is 0 Å². The number of pyridine rings is 1. The monoisotopic (exact) mass is 450 g/mol. The number of aryl methyl sites for hydroxylation is 2. The topological polar surface area (TPSA) is 58.4 Å². The molecule has 0 radical (unpaired) electrons. The summed E-state index contributed by atoms with van der Waals surface area (Å²) in [5.41, 5.74) is 3.72. The fourth-order valence-electron chi connectivity index (χ4n) is 4.65. The van der Waals surface area contributed by atoms with E-state index >= 15 is 0 Å². The van der Waals surface area contributed by atoms with E-state index in [1.54, 1.807) is 0 Å². The molecule has 0 amide bonds. The molecule has 0 unspecified atom stereocenters.